The van der Waals surface area contributed by atoms with Crippen LogP contribution in [0.2, 0.25) is 0 Å². The van der Waals surface area contributed by atoms with Crippen molar-refractivity contribution in [2.45, 2.75) is 32.4 Å². The molecule has 2 aromatic carbocycles. The van der Waals surface area contributed by atoms with Crippen LogP contribution in [0.4, 0.5) is 8.78 Å². The number of alkyl halides is 2. The molecule has 160 valence electrons. The van der Waals surface area contributed by atoms with Crippen molar-refractivity contribution in [1.82, 2.24) is 10.6 Å². The molecule has 8 heteroatoms. The molecule has 0 bridgehead atoms. The standard InChI is InChI=1S/C21H27F2N3O2.HI/c1-3-24-20(26-15-21(2,27)17-9-5-4-6-10-17)25-13-16-8-7-11-18(12-16)28-14-19(22)23;/h4-12,19,27H,3,13-15H2,1-2H3,(H2,24,25,26);1H. The Hall–Kier alpha value is -1.94. The van der Waals surface area contributed by atoms with Crippen LogP contribution in [-0.2, 0) is 12.1 Å². The summed E-state index contributed by atoms with van der Waals surface area (Å²) in [5.41, 5.74) is 0.585. The van der Waals surface area contributed by atoms with E-state index in [1.54, 1.807) is 25.1 Å². The van der Waals surface area contributed by atoms with Gasteiger partial charge in [-0.05, 0) is 37.1 Å². The SMILES string of the molecule is CCNC(=NCc1cccc(OCC(F)F)c1)NCC(C)(O)c1ccccc1.I. The Labute approximate surface area is 187 Å². The number of halogens is 3. The molecule has 2 aromatic rings. The number of hydrogen-bond acceptors (Lipinski definition) is 3. The van der Waals surface area contributed by atoms with Crippen molar-refractivity contribution in [3.8, 4) is 5.75 Å². The lowest BCUT2D eigenvalue weighted by Gasteiger charge is -2.25. The molecular formula is C21H28F2IN3O2. The van der Waals surface area contributed by atoms with E-state index in [-0.39, 0.29) is 30.5 Å². The van der Waals surface area contributed by atoms with Gasteiger partial charge in [-0.3, -0.25) is 0 Å². The second kappa shape index (κ2) is 12.6. The number of aliphatic hydroxyl groups is 1. The third-order valence-corrected chi connectivity index (χ3v) is 4.03. The minimum Gasteiger partial charge on any atom is -0.488 e. The topological polar surface area (TPSA) is 65.9 Å². The van der Waals surface area contributed by atoms with Crippen LogP contribution in [0.25, 0.3) is 0 Å². The molecule has 1 unspecified atom stereocenters. The van der Waals surface area contributed by atoms with Gasteiger partial charge in [0.25, 0.3) is 6.43 Å². The Morgan fingerprint density at radius 3 is 2.52 bits per heavy atom. The Bertz CT molecular complexity index is 759. The van der Waals surface area contributed by atoms with Crippen LogP contribution in [0.3, 0.4) is 0 Å². The molecule has 0 fully saturated rings. The third-order valence-electron chi connectivity index (χ3n) is 4.03. The smallest absolute Gasteiger partial charge is 0.272 e. The lowest BCUT2D eigenvalue weighted by molar-refractivity contribution is 0.0617. The Balaban J connectivity index is 0.00000420. The molecule has 2 rings (SSSR count). The summed E-state index contributed by atoms with van der Waals surface area (Å²) in [6, 6.07) is 16.3. The Kier molecular flexibility index (Phi) is 10.9. The van der Waals surface area contributed by atoms with E-state index in [0.29, 0.717) is 24.8 Å². The van der Waals surface area contributed by atoms with Gasteiger partial charge in [0.2, 0.25) is 0 Å². The zero-order valence-electron chi connectivity index (χ0n) is 16.6. The first-order valence-electron chi connectivity index (χ1n) is 9.20. The molecule has 0 amide bonds. The second-order valence-corrected chi connectivity index (χ2v) is 6.54. The van der Waals surface area contributed by atoms with Gasteiger partial charge >= 0.3 is 0 Å². The van der Waals surface area contributed by atoms with E-state index >= 15 is 0 Å². The normalized spacial score (nSPS) is 13.4. The summed E-state index contributed by atoms with van der Waals surface area (Å²) in [4.78, 5) is 4.50. The first-order valence-corrected chi connectivity index (χ1v) is 9.20. The lowest BCUT2D eigenvalue weighted by atomic mass is 9.96. The van der Waals surface area contributed by atoms with Crippen molar-refractivity contribution < 1.29 is 18.6 Å². The number of nitrogens with zero attached hydrogens (tertiary/aromatic N) is 1. The Morgan fingerprint density at radius 2 is 1.86 bits per heavy atom. The summed E-state index contributed by atoms with van der Waals surface area (Å²) in [6.07, 6.45) is -2.51. The Morgan fingerprint density at radius 1 is 1.14 bits per heavy atom. The first kappa shape index (κ1) is 25.1. The zero-order valence-corrected chi connectivity index (χ0v) is 18.9. The molecule has 5 nitrogen and oxygen atoms in total. The van der Waals surface area contributed by atoms with Gasteiger partial charge in [-0.1, -0.05) is 42.5 Å². The largest absolute Gasteiger partial charge is 0.488 e. The van der Waals surface area contributed by atoms with E-state index in [2.05, 4.69) is 15.6 Å². The van der Waals surface area contributed by atoms with Crippen LogP contribution < -0.4 is 15.4 Å². The second-order valence-electron chi connectivity index (χ2n) is 6.54. The van der Waals surface area contributed by atoms with Crippen molar-refractivity contribution >= 4 is 29.9 Å². The first-order chi connectivity index (χ1) is 13.4. The van der Waals surface area contributed by atoms with E-state index in [0.717, 1.165) is 11.1 Å². The molecule has 3 N–H and O–H groups in total. The summed E-state index contributed by atoms with van der Waals surface area (Å²) in [7, 11) is 0. The average Bonchev–Trinajstić information content (AvgIpc) is 2.69. The highest BCUT2D eigenvalue weighted by atomic mass is 127. The third kappa shape index (κ3) is 8.95. The number of benzene rings is 2. The number of rotatable bonds is 9. The summed E-state index contributed by atoms with van der Waals surface area (Å²) in [5.74, 6) is 0.940. The highest BCUT2D eigenvalue weighted by molar-refractivity contribution is 14.0. The maximum atomic E-state index is 12.3. The molecule has 0 aliphatic heterocycles. The number of guanidine groups is 1. The summed E-state index contributed by atoms with van der Waals surface area (Å²) in [5, 5.41) is 17.0. The van der Waals surface area contributed by atoms with Crippen LogP contribution in [0.5, 0.6) is 5.75 Å². The average molecular weight is 519 g/mol. The maximum absolute atomic E-state index is 12.3. The van der Waals surface area contributed by atoms with E-state index in [9.17, 15) is 13.9 Å². The highest BCUT2D eigenvalue weighted by Crippen LogP contribution is 2.19. The van der Waals surface area contributed by atoms with Gasteiger partial charge in [-0.2, -0.15) is 0 Å². The molecule has 0 aliphatic carbocycles. The fraction of sp³-hybridized carbons (Fsp3) is 0.381. The van der Waals surface area contributed by atoms with Gasteiger partial charge in [0, 0.05) is 6.54 Å². The number of hydrogen-bond donors (Lipinski definition) is 3. The monoisotopic (exact) mass is 519 g/mol. The van der Waals surface area contributed by atoms with Crippen LogP contribution >= 0.6 is 24.0 Å². The summed E-state index contributed by atoms with van der Waals surface area (Å²) >= 11 is 0. The minimum absolute atomic E-state index is 0. The molecule has 0 aromatic heterocycles. The number of nitrogens with one attached hydrogen (secondary N) is 2. The van der Waals surface area contributed by atoms with Crippen molar-refractivity contribution in [3.05, 3.63) is 65.7 Å². The van der Waals surface area contributed by atoms with Crippen LogP contribution in [0, 0.1) is 0 Å². The fourth-order valence-electron chi connectivity index (χ4n) is 2.56. The van der Waals surface area contributed by atoms with Gasteiger partial charge in [0.1, 0.15) is 18.0 Å². The molecule has 0 radical (unpaired) electrons. The van der Waals surface area contributed by atoms with Gasteiger partial charge in [0.05, 0.1) is 13.1 Å². The molecule has 1 atom stereocenters. The molecule has 29 heavy (non-hydrogen) atoms. The van der Waals surface area contributed by atoms with Gasteiger partial charge in [0.15, 0.2) is 5.96 Å². The molecule has 0 aliphatic rings. The van der Waals surface area contributed by atoms with Crippen molar-refractivity contribution in [1.29, 1.82) is 0 Å². The van der Waals surface area contributed by atoms with E-state index in [1.165, 1.54) is 0 Å². The van der Waals surface area contributed by atoms with Crippen molar-refractivity contribution in [2.75, 3.05) is 19.7 Å². The lowest BCUT2D eigenvalue weighted by Crippen LogP contribution is -2.44. The van der Waals surface area contributed by atoms with E-state index < -0.39 is 18.6 Å². The van der Waals surface area contributed by atoms with Crippen LogP contribution in [0.15, 0.2) is 59.6 Å². The quantitative estimate of drug-likeness (QED) is 0.267. The maximum Gasteiger partial charge on any atom is 0.272 e. The van der Waals surface area contributed by atoms with E-state index in [4.69, 9.17) is 4.74 Å². The fourth-order valence-corrected chi connectivity index (χ4v) is 2.56. The zero-order chi connectivity index (χ0) is 20.4. The van der Waals surface area contributed by atoms with Gasteiger partial charge in [-0.25, -0.2) is 13.8 Å². The van der Waals surface area contributed by atoms with Gasteiger partial charge < -0.3 is 20.5 Å². The van der Waals surface area contributed by atoms with Crippen LogP contribution in [-0.4, -0.2) is 37.2 Å². The highest BCUT2D eigenvalue weighted by Gasteiger charge is 2.22. The summed E-state index contributed by atoms with van der Waals surface area (Å²) in [6.45, 7) is 4.34. The van der Waals surface area contributed by atoms with E-state index in [1.807, 2.05) is 43.3 Å². The molecule has 0 spiro atoms. The predicted octanol–water partition coefficient (Wildman–Crippen LogP) is 3.91. The van der Waals surface area contributed by atoms with Crippen LogP contribution in [0.1, 0.15) is 25.0 Å². The van der Waals surface area contributed by atoms with Crippen molar-refractivity contribution in [3.63, 3.8) is 0 Å². The summed E-state index contributed by atoms with van der Waals surface area (Å²) < 4.78 is 29.6. The number of aliphatic imine (C=N–C) groups is 1. The molecule has 0 heterocycles. The predicted molar refractivity (Wildman–Crippen MR) is 122 cm³/mol. The van der Waals surface area contributed by atoms with Crippen molar-refractivity contribution in [2.24, 2.45) is 4.99 Å². The van der Waals surface area contributed by atoms with Gasteiger partial charge in [-0.15, -0.1) is 24.0 Å². The molecule has 0 saturated heterocycles. The molecular weight excluding hydrogens is 491 g/mol. The molecule has 0 saturated carbocycles. The minimum atomic E-state index is -2.51. The number of ether oxygens (including phenoxy) is 1.